The average Bonchev–Trinajstić information content (AvgIpc) is 2.60. The highest BCUT2D eigenvalue weighted by atomic mass is 16.4. The molecule has 1 aliphatic heterocycles. The van der Waals surface area contributed by atoms with E-state index in [0.717, 1.165) is 6.42 Å². The summed E-state index contributed by atoms with van der Waals surface area (Å²) in [7, 11) is 0. The molecule has 4 N–H and O–H groups in total. The maximum absolute atomic E-state index is 11.6. The minimum atomic E-state index is -0.829. The van der Waals surface area contributed by atoms with Crippen LogP contribution in [0.4, 0.5) is 4.79 Å². The average molecular weight is 229 g/mol. The molecule has 0 unspecified atom stereocenters. The van der Waals surface area contributed by atoms with Crippen LogP contribution in [0.15, 0.2) is 0 Å². The fourth-order valence-corrected chi connectivity index (χ4v) is 1.86. The molecule has 6 nitrogen and oxygen atoms in total. The number of aliphatic carboxylic acids is 1. The molecule has 2 atom stereocenters. The van der Waals surface area contributed by atoms with Gasteiger partial charge in [-0.25, -0.2) is 4.79 Å². The molecule has 0 bridgehead atoms. The van der Waals surface area contributed by atoms with Gasteiger partial charge in [-0.3, -0.25) is 4.79 Å². The third kappa shape index (κ3) is 3.10. The van der Waals surface area contributed by atoms with E-state index in [1.807, 2.05) is 6.92 Å². The Hall–Kier alpha value is -1.30. The third-order valence-corrected chi connectivity index (χ3v) is 2.87. The Morgan fingerprint density at radius 2 is 2.19 bits per heavy atom. The predicted molar refractivity (Wildman–Crippen MR) is 58.9 cm³/mol. The summed E-state index contributed by atoms with van der Waals surface area (Å²) in [4.78, 5) is 24.0. The van der Waals surface area contributed by atoms with Gasteiger partial charge in [0.1, 0.15) is 0 Å². The lowest BCUT2D eigenvalue weighted by atomic mass is 9.99. The fraction of sp³-hybridized carbons (Fsp3) is 0.800. The SMILES string of the molecule is C[C@@H]1CN(C(=O)NCCCN)C[C@H]1C(=O)O. The molecule has 0 aromatic carbocycles. The first-order valence-corrected chi connectivity index (χ1v) is 5.52. The molecular weight excluding hydrogens is 210 g/mol. The number of rotatable bonds is 4. The molecule has 1 rings (SSSR count). The maximum Gasteiger partial charge on any atom is 0.317 e. The van der Waals surface area contributed by atoms with Gasteiger partial charge >= 0.3 is 12.0 Å². The Bertz CT molecular complexity index is 270. The van der Waals surface area contributed by atoms with Crippen molar-refractivity contribution in [2.24, 2.45) is 17.6 Å². The van der Waals surface area contributed by atoms with E-state index in [9.17, 15) is 9.59 Å². The van der Waals surface area contributed by atoms with Crippen LogP contribution in [0.3, 0.4) is 0 Å². The van der Waals surface area contributed by atoms with Crippen LogP contribution in [0.1, 0.15) is 13.3 Å². The van der Waals surface area contributed by atoms with Gasteiger partial charge in [0.2, 0.25) is 0 Å². The van der Waals surface area contributed by atoms with Crippen molar-refractivity contribution >= 4 is 12.0 Å². The van der Waals surface area contributed by atoms with E-state index in [4.69, 9.17) is 10.8 Å². The van der Waals surface area contributed by atoms with Crippen LogP contribution in [-0.4, -0.2) is 48.2 Å². The van der Waals surface area contributed by atoms with E-state index in [1.54, 1.807) is 4.90 Å². The van der Waals surface area contributed by atoms with Crippen molar-refractivity contribution in [2.45, 2.75) is 13.3 Å². The lowest BCUT2D eigenvalue weighted by Gasteiger charge is -2.16. The maximum atomic E-state index is 11.6. The highest BCUT2D eigenvalue weighted by Gasteiger charge is 2.36. The molecule has 1 saturated heterocycles. The van der Waals surface area contributed by atoms with Gasteiger partial charge in [-0.05, 0) is 18.9 Å². The highest BCUT2D eigenvalue weighted by Crippen LogP contribution is 2.22. The number of carboxylic acids is 1. The summed E-state index contributed by atoms with van der Waals surface area (Å²) in [5.41, 5.74) is 5.31. The van der Waals surface area contributed by atoms with Crippen LogP contribution >= 0.6 is 0 Å². The monoisotopic (exact) mass is 229 g/mol. The van der Waals surface area contributed by atoms with Crippen molar-refractivity contribution in [1.29, 1.82) is 0 Å². The van der Waals surface area contributed by atoms with Gasteiger partial charge in [-0.1, -0.05) is 6.92 Å². The normalized spacial score (nSPS) is 24.5. The third-order valence-electron chi connectivity index (χ3n) is 2.87. The number of hydrogen-bond donors (Lipinski definition) is 3. The van der Waals surface area contributed by atoms with Gasteiger partial charge in [-0.15, -0.1) is 0 Å². The van der Waals surface area contributed by atoms with E-state index >= 15 is 0 Å². The Morgan fingerprint density at radius 1 is 1.50 bits per heavy atom. The van der Waals surface area contributed by atoms with Crippen molar-refractivity contribution in [3.05, 3.63) is 0 Å². The zero-order chi connectivity index (χ0) is 12.1. The molecular formula is C10H19N3O3. The van der Waals surface area contributed by atoms with Gasteiger partial charge in [-0.2, -0.15) is 0 Å². The van der Waals surface area contributed by atoms with Crippen molar-refractivity contribution in [3.63, 3.8) is 0 Å². The van der Waals surface area contributed by atoms with Crippen LogP contribution in [0.2, 0.25) is 0 Å². The van der Waals surface area contributed by atoms with Crippen molar-refractivity contribution in [3.8, 4) is 0 Å². The van der Waals surface area contributed by atoms with Crippen LogP contribution in [0.25, 0.3) is 0 Å². The molecule has 6 heteroatoms. The Morgan fingerprint density at radius 3 is 2.69 bits per heavy atom. The fourth-order valence-electron chi connectivity index (χ4n) is 1.86. The van der Waals surface area contributed by atoms with Gasteiger partial charge in [0.05, 0.1) is 5.92 Å². The number of urea groups is 1. The van der Waals surface area contributed by atoms with Crippen molar-refractivity contribution in [1.82, 2.24) is 10.2 Å². The smallest absolute Gasteiger partial charge is 0.317 e. The number of carbonyl (C=O) groups excluding carboxylic acids is 1. The number of amides is 2. The molecule has 0 aromatic heterocycles. The summed E-state index contributed by atoms with van der Waals surface area (Å²) in [6.07, 6.45) is 0.734. The second-order valence-electron chi connectivity index (χ2n) is 4.20. The molecule has 0 aromatic rings. The number of nitrogens with two attached hydrogens (primary N) is 1. The summed E-state index contributed by atoms with van der Waals surface area (Å²) in [5, 5.41) is 11.6. The number of hydrogen-bond acceptors (Lipinski definition) is 3. The standard InChI is InChI=1S/C10H19N3O3/c1-7-5-13(6-8(7)9(14)15)10(16)12-4-2-3-11/h7-8H,2-6,11H2,1H3,(H,12,16)(H,14,15)/t7-,8-/m1/s1. The quantitative estimate of drug-likeness (QED) is 0.576. The van der Waals surface area contributed by atoms with Crippen LogP contribution in [0.5, 0.6) is 0 Å². The van der Waals surface area contributed by atoms with Gasteiger partial charge in [0.25, 0.3) is 0 Å². The number of carbonyl (C=O) groups is 2. The van der Waals surface area contributed by atoms with Crippen molar-refractivity contribution in [2.75, 3.05) is 26.2 Å². The Kier molecular flexibility index (Phi) is 4.54. The van der Waals surface area contributed by atoms with E-state index in [1.165, 1.54) is 0 Å². The lowest BCUT2D eigenvalue weighted by molar-refractivity contribution is -0.142. The molecule has 92 valence electrons. The molecule has 0 aliphatic carbocycles. The largest absolute Gasteiger partial charge is 0.481 e. The van der Waals surface area contributed by atoms with E-state index < -0.39 is 11.9 Å². The van der Waals surface area contributed by atoms with Crippen LogP contribution < -0.4 is 11.1 Å². The molecule has 0 spiro atoms. The highest BCUT2D eigenvalue weighted by molar-refractivity contribution is 5.77. The van der Waals surface area contributed by atoms with Crippen LogP contribution in [0, 0.1) is 11.8 Å². The first kappa shape index (κ1) is 12.8. The second-order valence-corrected chi connectivity index (χ2v) is 4.20. The van der Waals surface area contributed by atoms with Gasteiger partial charge in [0, 0.05) is 19.6 Å². The first-order chi connectivity index (χ1) is 7.56. The number of carboxylic acid groups (broad SMARTS) is 1. The molecule has 1 aliphatic rings. The summed E-state index contributed by atoms with van der Waals surface area (Å²) in [6.45, 7) is 3.73. The summed E-state index contributed by atoms with van der Waals surface area (Å²) in [6, 6.07) is -0.191. The van der Waals surface area contributed by atoms with E-state index in [2.05, 4.69) is 5.32 Å². The van der Waals surface area contributed by atoms with E-state index in [-0.39, 0.29) is 11.9 Å². The summed E-state index contributed by atoms with van der Waals surface area (Å²) >= 11 is 0. The molecule has 1 fully saturated rings. The van der Waals surface area contributed by atoms with Crippen LogP contribution in [-0.2, 0) is 4.79 Å². The van der Waals surface area contributed by atoms with E-state index in [0.29, 0.717) is 26.2 Å². The Labute approximate surface area is 94.8 Å². The van der Waals surface area contributed by atoms with Gasteiger partial charge in [0.15, 0.2) is 0 Å². The molecule has 0 saturated carbocycles. The minimum absolute atomic E-state index is 0.0118. The second kappa shape index (κ2) is 5.69. The number of nitrogens with one attached hydrogen (secondary N) is 1. The summed E-state index contributed by atoms with van der Waals surface area (Å²) < 4.78 is 0. The first-order valence-electron chi connectivity index (χ1n) is 5.52. The molecule has 2 amide bonds. The topological polar surface area (TPSA) is 95.7 Å². The molecule has 1 heterocycles. The van der Waals surface area contributed by atoms with Gasteiger partial charge < -0.3 is 21.1 Å². The van der Waals surface area contributed by atoms with Crippen molar-refractivity contribution < 1.29 is 14.7 Å². The zero-order valence-corrected chi connectivity index (χ0v) is 9.48. The zero-order valence-electron chi connectivity index (χ0n) is 9.48. The number of likely N-dealkylation sites (tertiary alicyclic amines) is 1. The Balaban J connectivity index is 2.39. The lowest BCUT2D eigenvalue weighted by Crippen LogP contribution is -2.39. The minimum Gasteiger partial charge on any atom is -0.481 e. The molecule has 16 heavy (non-hydrogen) atoms. The molecule has 0 radical (unpaired) electrons. The number of nitrogens with zero attached hydrogens (tertiary/aromatic N) is 1. The predicted octanol–water partition coefficient (Wildman–Crippen LogP) is -0.303. The summed E-state index contributed by atoms with van der Waals surface area (Å²) in [5.74, 6) is -1.26.